The second-order valence-electron chi connectivity index (χ2n) is 5.57. The number of thiocarbonyl (C=S) groups is 4. The molecule has 0 aliphatic heterocycles. The summed E-state index contributed by atoms with van der Waals surface area (Å²) in [6.45, 7) is -1.02. The molecular formula is C15H22O10S12. The van der Waals surface area contributed by atoms with E-state index in [0.29, 0.717) is 0 Å². The first-order valence-corrected chi connectivity index (χ1v) is 19.4. The topological polar surface area (TPSA) is 144 Å². The van der Waals surface area contributed by atoms with Gasteiger partial charge in [-0.15, -0.1) is 0 Å². The van der Waals surface area contributed by atoms with Crippen LogP contribution in [0.15, 0.2) is 0 Å². The van der Waals surface area contributed by atoms with Crippen molar-refractivity contribution in [2.45, 2.75) is 21.7 Å². The SMILES string of the molecule is COC(=S)SSC(O)C(C(O)SSC(=S)OC)(C(O)SSC(=S)OC)C(OC(=O)CO)SSC(=S)OC. The molecule has 4 atom stereocenters. The molecular weight excluding hydrogens is 725 g/mol. The number of carbonyl (C=O) groups is 1. The van der Waals surface area contributed by atoms with Crippen LogP contribution in [0.1, 0.15) is 0 Å². The maximum absolute atomic E-state index is 12.2. The zero-order chi connectivity index (χ0) is 28.6. The molecule has 0 rings (SSSR count). The van der Waals surface area contributed by atoms with Gasteiger partial charge in [-0.25, -0.2) is 4.79 Å². The smallest absolute Gasteiger partial charge is 0.332 e. The standard InChI is InChI=1S/C15H22O10S12/c1-21-11(26)34-30-7(18)15(8(19)31-35-12(27)22-2,9(20)32-36-13(28)23-3)10(25-6(17)5-16)33-37-14(29)24-4/h7-10,16,18-20H,5H2,1-4H3. The lowest BCUT2D eigenvalue weighted by Crippen LogP contribution is -2.57. The summed E-state index contributed by atoms with van der Waals surface area (Å²) < 4.78 is 25.4. The lowest BCUT2D eigenvalue weighted by Gasteiger charge is -2.46. The second-order valence-corrected chi connectivity index (χ2v) is 17.1. The largest absolute Gasteiger partial charge is 0.481 e. The Labute approximate surface area is 267 Å². The molecule has 0 heterocycles. The quantitative estimate of drug-likeness (QED) is 0.0878. The fourth-order valence-electron chi connectivity index (χ4n) is 1.80. The molecule has 0 aromatic carbocycles. The minimum absolute atomic E-state index is 0.0233. The molecule has 0 fully saturated rings. The number of methoxy groups -OCH3 is 4. The molecule has 0 radical (unpaired) electrons. The summed E-state index contributed by atoms with van der Waals surface area (Å²) in [5.74, 6) is -1.10. The van der Waals surface area contributed by atoms with E-state index >= 15 is 0 Å². The van der Waals surface area contributed by atoms with Gasteiger partial charge in [0.2, 0.25) is 17.5 Å². The van der Waals surface area contributed by atoms with Gasteiger partial charge in [0.15, 0.2) is 5.44 Å². The first-order chi connectivity index (χ1) is 17.4. The molecule has 37 heavy (non-hydrogen) atoms. The lowest BCUT2D eigenvalue weighted by atomic mass is 9.90. The summed E-state index contributed by atoms with van der Waals surface area (Å²) in [7, 11) is 11.6. The van der Waals surface area contributed by atoms with Crippen LogP contribution in [0.5, 0.6) is 0 Å². The Morgan fingerprint density at radius 3 is 1.24 bits per heavy atom. The number of esters is 1. The van der Waals surface area contributed by atoms with E-state index in [1.54, 1.807) is 0 Å². The number of aliphatic hydroxyl groups excluding tert-OH is 4. The number of hydrogen-bond acceptors (Lipinski definition) is 22. The van der Waals surface area contributed by atoms with E-state index in [2.05, 4.69) is 0 Å². The van der Waals surface area contributed by atoms with Crippen molar-refractivity contribution in [1.29, 1.82) is 0 Å². The van der Waals surface area contributed by atoms with Crippen LogP contribution in [0.3, 0.4) is 0 Å². The average molecular weight is 747 g/mol. The van der Waals surface area contributed by atoms with Crippen LogP contribution in [0.4, 0.5) is 0 Å². The third kappa shape index (κ3) is 13.5. The van der Waals surface area contributed by atoms with E-state index in [-0.39, 0.29) is 17.5 Å². The van der Waals surface area contributed by atoms with E-state index in [4.69, 9.17) is 72.6 Å². The third-order valence-corrected chi connectivity index (χ3v) is 15.7. The van der Waals surface area contributed by atoms with Crippen molar-refractivity contribution in [3.63, 3.8) is 0 Å². The molecule has 0 bridgehead atoms. The molecule has 0 aromatic heterocycles. The van der Waals surface area contributed by atoms with Gasteiger partial charge >= 0.3 is 5.97 Å². The summed E-state index contributed by atoms with van der Waals surface area (Å²) in [6, 6.07) is 0. The molecule has 0 aliphatic carbocycles. The molecule has 10 nitrogen and oxygen atoms in total. The maximum atomic E-state index is 12.2. The highest BCUT2D eigenvalue weighted by Crippen LogP contribution is 2.58. The highest BCUT2D eigenvalue weighted by Gasteiger charge is 2.60. The van der Waals surface area contributed by atoms with Crippen molar-refractivity contribution in [3.8, 4) is 0 Å². The Morgan fingerprint density at radius 1 is 0.676 bits per heavy atom. The van der Waals surface area contributed by atoms with Gasteiger partial charge in [-0.2, -0.15) is 0 Å². The summed E-state index contributed by atoms with van der Waals surface area (Å²) >= 11 is 20.1. The molecule has 0 saturated carbocycles. The van der Waals surface area contributed by atoms with E-state index in [0.717, 1.165) is 86.4 Å². The van der Waals surface area contributed by atoms with E-state index < -0.39 is 39.7 Å². The van der Waals surface area contributed by atoms with Crippen LogP contribution in [0.25, 0.3) is 0 Å². The normalized spacial score (nSPS) is 15.8. The van der Waals surface area contributed by atoms with Crippen LogP contribution in [-0.2, 0) is 28.5 Å². The zero-order valence-electron chi connectivity index (χ0n) is 19.2. The summed E-state index contributed by atoms with van der Waals surface area (Å²) in [5.41, 5.74) is -8.73. The molecule has 4 N–H and O–H groups in total. The zero-order valence-corrected chi connectivity index (χ0v) is 29.0. The van der Waals surface area contributed by atoms with Gasteiger partial charge < -0.3 is 44.1 Å². The van der Waals surface area contributed by atoms with Gasteiger partial charge in [-0.05, 0) is 103 Å². The van der Waals surface area contributed by atoms with Crippen LogP contribution in [-0.4, -0.2) is 101 Å². The highest BCUT2D eigenvalue weighted by molar-refractivity contribution is 8.85. The lowest BCUT2D eigenvalue weighted by molar-refractivity contribution is -0.162. The molecule has 0 aliphatic rings. The van der Waals surface area contributed by atoms with Gasteiger partial charge in [-0.3, -0.25) is 0 Å². The van der Waals surface area contributed by atoms with Crippen molar-refractivity contribution in [2.75, 3.05) is 35.0 Å². The van der Waals surface area contributed by atoms with E-state index in [9.17, 15) is 25.2 Å². The van der Waals surface area contributed by atoms with Crippen molar-refractivity contribution >= 4 is 159 Å². The van der Waals surface area contributed by atoms with Crippen molar-refractivity contribution in [1.82, 2.24) is 0 Å². The van der Waals surface area contributed by atoms with Crippen molar-refractivity contribution < 1.29 is 48.9 Å². The van der Waals surface area contributed by atoms with Crippen molar-refractivity contribution in [2.24, 2.45) is 5.41 Å². The summed E-state index contributed by atoms with van der Waals surface area (Å²) in [4.78, 5) is 12.2. The number of aliphatic hydroxyl groups is 4. The average Bonchev–Trinajstić information content (AvgIpc) is 2.91. The second kappa shape index (κ2) is 21.4. The van der Waals surface area contributed by atoms with Crippen LogP contribution < -0.4 is 0 Å². The van der Waals surface area contributed by atoms with Gasteiger partial charge in [0.05, 0.1) is 28.4 Å². The Balaban J connectivity index is 6.79. The number of hydrogen-bond donors (Lipinski definition) is 4. The van der Waals surface area contributed by atoms with Gasteiger partial charge in [0, 0.05) is 0 Å². The van der Waals surface area contributed by atoms with Gasteiger partial charge in [-0.1, -0.05) is 32.4 Å². The fraction of sp³-hybridized carbons (Fsp3) is 0.667. The number of rotatable bonds is 14. The fourth-order valence-corrected chi connectivity index (χ4v) is 12.0. The summed E-state index contributed by atoms with van der Waals surface area (Å²) in [6.07, 6.45) is 0. The highest BCUT2D eigenvalue weighted by atomic mass is 33.1. The molecule has 0 aromatic rings. The third-order valence-electron chi connectivity index (χ3n) is 3.55. The van der Waals surface area contributed by atoms with Gasteiger partial charge in [0.25, 0.3) is 0 Å². The van der Waals surface area contributed by atoms with Gasteiger partial charge in [0.1, 0.15) is 28.3 Å². The summed E-state index contributed by atoms with van der Waals surface area (Å²) in [5, 5.41) is 43.7. The molecule has 22 heteroatoms. The predicted molar refractivity (Wildman–Crippen MR) is 177 cm³/mol. The first-order valence-electron chi connectivity index (χ1n) is 8.93. The van der Waals surface area contributed by atoms with E-state index in [1.165, 1.54) is 28.4 Å². The number of carbonyl (C=O) groups excluding carboxylic acids is 1. The van der Waals surface area contributed by atoms with Crippen molar-refractivity contribution in [3.05, 3.63) is 0 Å². The Bertz CT molecular complexity index is 710. The molecule has 0 spiro atoms. The van der Waals surface area contributed by atoms with Crippen LogP contribution in [0, 0.1) is 5.41 Å². The maximum Gasteiger partial charge on any atom is 0.332 e. The minimum Gasteiger partial charge on any atom is -0.481 e. The molecule has 4 unspecified atom stereocenters. The first kappa shape index (κ1) is 38.7. The van der Waals surface area contributed by atoms with Crippen LogP contribution in [0.2, 0.25) is 0 Å². The predicted octanol–water partition coefficient (Wildman–Crippen LogP) is 4.04. The molecule has 0 saturated heterocycles. The number of ether oxygens (including phenoxy) is 5. The van der Waals surface area contributed by atoms with E-state index in [1.807, 2.05) is 0 Å². The Kier molecular flexibility index (Phi) is 22.3. The Hall–Kier alpha value is 1.67. The Morgan fingerprint density at radius 2 is 0.973 bits per heavy atom. The minimum atomic E-state index is -2.12. The molecule has 0 amide bonds. The molecule has 214 valence electrons. The van der Waals surface area contributed by atoms with Crippen LogP contribution >= 0.6 is 135 Å². The monoisotopic (exact) mass is 746 g/mol.